The minimum atomic E-state index is -0.332. The molecule has 3 rings (SSSR count). The molecule has 1 atom stereocenters. The van der Waals surface area contributed by atoms with Crippen molar-refractivity contribution in [2.75, 3.05) is 31.6 Å². The molecule has 0 radical (unpaired) electrons. The summed E-state index contributed by atoms with van der Waals surface area (Å²) in [5.41, 5.74) is 1.98. The molecule has 2 saturated heterocycles. The normalized spacial score (nSPS) is 20.4. The second kappa shape index (κ2) is 9.08. The van der Waals surface area contributed by atoms with Gasteiger partial charge in [0.2, 0.25) is 11.8 Å². The van der Waals surface area contributed by atoms with Crippen molar-refractivity contribution in [1.82, 2.24) is 9.80 Å². The Labute approximate surface area is 166 Å². The van der Waals surface area contributed by atoms with Crippen LogP contribution in [0.2, 0.25) is 0 Å². The number of amides is 3. The number of rotatable bonds is 5. The number of piperidine rings is 1. The summed E-state index contributed by atoms with van der Waals surface area (Å²) in [6, 6.07) is 7.88. The molecule has 0 spiro atoms. The van der Waals surface area contributed by atoms with E-state index in [1.807, 2.05) is 29.2 Å². The van der Waals surface area contributed by atoms with Crippen LogP contribution in [0.15, 0.2) is 24.3 Å². The molecule has 1 N–H and O–H groups in total. The van der Waals surface area contributed by atoms with Gasteiger partial charge in [-0.25, -0.2) is 4.79 Å². The Hall–Kier alpha value is -2.57. The lowest BCUT2D eigenvalue weighted by Crippen LogP contribution is -2.47. The number of hydrogen-bond donors (Lipinski definition) is 1. The van der Waals surface area contributed by atoms with Crippen molar-refractivity contribution in [3.05, 3.63) is 29.8 Å². The zero-order chi connectivity index (χ0) is 20.1. The molecule has 0 bridgehead atoms. The Morgan fingerprint density at radius 2 is 1.82 bits per heavy atom. The first-order valence-electron chi connectivity index (χ1n) is 10.1. The van der Waals surface area contributed by atoms with Gasteiger partial charge in [0.1, 0.15) is 0 Å². The second-order valence-corrected chi connectivity index (χ2v) is 7.40. The molecule has 0 aromatic heterocycles. The fourth-order valence-corrected chi connectivity index (χ4v) is 3.90. The SMILES string of the molecule is CCOC(=O)N1CCC(N2CC(C(=O)Nc3ccc(CC)cc3)CC2=O)CC1. The molecule has 0 saturated carbocycles. The third-order valence-corrected chi connectivity index (χ3v) is 5.59. The summed E-state index contributed by atoms with van der Waals surface area (Å²) < 4.78 is 5.04. The first-order valence-corrected chi connectivity index (χ1v) is 10.1. The van der Waals surface area contributed by atoms with E-state index >= 15 is 0 Å². The largest absolute Gasteiger partial charge is 0.450 e. The number of ether oxygens (including phenoxy) is 1. The maximum Gasteiger partial charge on any atom is 0.409 e. The molecule has 1 aromatic rings. The Balaban J connectivity index is 1.52. The minimum absolute atomic E-state index is 0.0241. The van der Waals surface area contributed by atoms with Gasteiger partial charge in [-0.1, -0.05) is 19.1 Å². The number of carbonyl (C=O) groups excluding carboxylic acids is 3. The number of anilines is 1. The average Bonchev–Trinajstić information content (AvgIpc) is 3.11. The van der Waals surface area contributed by atoms with Crippen molar-refractivity contribution in [3.63, 3.8) is 0 Å². The van der Waals surface area contributed by atoms with Gasteiger partial charge in [-0.05, 0) is 43.9 Å². The van der Waals surface area contributed by atoms with Crippen molar-refractivity contribution in [2.24, 2.45) is 5.92 Å². The molecule has 2 aliphatic rings. The molecule has 28 heavy (non-hydrogen) atoms. The van der Waals surface area contributed by atoms with Gasteiger partial charge in [0.05, 0.1) is 12.5 Å². The first kappa shape index (κ1) is 20.2. The van der Waals surface area contributed by atoms with Crippen molar-refractivity contribution in [3.8, 4) is 0 Å². The van der Waals surface area contributed by atoms with Crippen molar-refractivity contribution in [2.45, 2.75) is 45.6 Å². The maximum atomic E-state index is 12.6. The smallest absolute Gasteiger partial charge is 0.409 e. The standard InChI is InChI=1S/C21H29N3O4/c1-3-15-5-7-17(8-6-15)22-20(26)16-13-19(25)24(14-16)18-9-11-23(12-10-18)21(27)28-4-2/h5-8,16,18H,3-4,9-14H2,1-2H3,(H,22,26). The molecule has 2 aliphatic heterocycles. The topological polar surface area (TPSA) is 79.0 Å². The molecular formula is C21H29N3O4. The van der Waals surface area contributed by atoms with Gasteiger partial charge >= 0.3 is 6.09 Å². The quantitative estimate of drug-likeness (QED) is 0.842. The summed E-state index contributed by atoms with van der Waals surface area (Å²) in [6.07, 6.45) is 2.35. The van der Waals surface area contributed by atoms with Crippen molar-refractivity contribution < 1.29 is 19.1 Å². The van der Waals surface area contributed by atoms with E-state index in [-0.39, 0.29) is 36.3 Å². The fraction of sp³-hybridized carbons (Fsp3) is 0.571. The highest BCUT2D eigenvalue weighted by molar-refractivity contribution is 5.97. The van der Waals surface area contributed by atoms with Gasteiger partial charge in [-0.15, -0.1) is 0 Å². The number of nitrogens with one attached hydrogen (secondary N) is 1. The molecule has 0 aliphatic carbocycles. The van der Waals surface area contributed by atoms with E-state index in [2.05, 4.69) is 12.2 Å². The number of carbonyl (C=O) groups is 3. The molecule has 1 aromatic carbocycles. The summed E-state index contributed by atoms with van der Waals surface area (Å²) in [4.78, 5) is 40.4. The van der Waals surface area contributed by atoms with Gasteiger partial charge in [0.25, 0.3) is 0 Å². The molecule has 3 amide bonds. The van der Waals surface area contributed by atoms with Crippen LogP contribution >= 0.6 is 0 Å². The molecule has 1 unspecified atom stereocenters. The van der Waals surface area contributed by atoms with Gasteiger partial charge < -0.3 is 19.9 Å². The van der Waals surface area contributed by atoms with Crippen molar-refractivity contribution >= 4 is 23.6 Å². The van der Waals surface area contributed by atoms with E-state index in [1.165, 1.54) is 5.56 Å². The minimum Gasteiger partial charge on any atom is -0.450 e. The van der Waals surface area contributed by atoms with Crippen LogP contribution in [0, 0.1) is 5.92 Å². The van der Waals surface area contributed by atoms with E-state index in [0.717, 1.165) is 24.9 Å². The third-order valence-electron chi connectivity index (χ3n) is 5.59. The Bertz CT molecular complexity index is 711. The number of hydrogen-bond acceptors (Lipinski definition) is 4. The van der Waals surface area contributed by atoms with Gasteiger partial charge in [-0.3, -0.25) is 9.59 Å². The molecule has 2 fully saturated rings. The predicted molar refractivity (Wildman–Crippen MR) is 106 cm³/mol. The molecule has 2 heterocycles. The van der Waals surface area contributed by atoms with E-state index in [1.54, 1.807) is 11.8 Å². The Kier molecular flexibility index (Phi) is 6.54. The Morgan fingerprint density at radius 1 is 1.14 bits per heavy atom. The van der Waals surface area contributed by atoms with Crippen LogP contribution in [0.25, 0.3) is 0 Å². The summed E-state index contributed by atoms with van der Waals surface area (Å²) in [5.74, 6) is -0.415. The summed E-state index contributed by atoms with van der Waals surface area (Å²) in [5, 5.41) is 2.93. The van der Waals surface area contributed by atoms with Crippen LogP contribution in [0.5, 0.6) is 0 Å². The summed E-state index contributed by atoms with van der Waals surface area (Å²) in [7, 11) is 0. The molecular weight excluding hydrogens is 358 g/mol. The Morgan fingerprint density at radius 3 is 2.43 bits per heavy atom. The van der Waals surface area contributed by atoms with Crippen LogP contribution < -0.4 is 5.32 Å². The van der Waals surface area contributed by atoms with Gasteiger partial charge in [0.15, 0.2) is 0 Å². The van der Waals surface area contributed by atoms with E-state index in [4.69, 9.17) is 4.74 Å². The number of likely N-dealkylation sites (tertiary alicyclic amines) is 2. The van der Waals surface area contributed by atoms with E-state index in [9.17, 15) is 14.4 Å². The highest BCUT2D eigenvalue weighted by atomic mass is 16.6. The van der Waals surface area contributed by atoms with E-state index < -0.39 is 0 Å². The molecule has 7 heteroatoms. The van der Waals surface area contributed by atoms with Crippen LogP contribution in [-0.4, -0.2) is 60.0 Å². The number of benzene rings is 1. The second-order valence-electron chi connectivity index (χ2n) is 7.40. The average molecular weight is 387 g/mol. The van der Waals surface area contributed by atoms with Gasteiger partial charge in [-0.2, -0.15) is 0 Å². The third kappa shape index (κ3) is 4.64. The van der Waals surface area contributed by atoms with E-state index in [0.29, 0.717) is 26.2 Å². The summed E-state index contributed by atoms with van der Waals surface area (Å²) >= 11 is 0. The lowest BCUT2D eigenvalue weighted by Gasteiger charge is -2.36. The zero-order valence-electron chi connectivity index (χ0n) is 16.6. The van der Waals surface area contributed by atoms with Crippen LogP contribution in [0.4, 0.5) is 10.5 Å². The lowest BCUT2D eigenvalue weighted by atomic mass is 10.0. The molecule has 7 nitrogen and oxygen atoms in total. The number of aryl methyl sites for hydroxylation is 1. The first-order chi connectivity index (χ1) is 13.5. The fourth-order valence-electron chi connectivity index (χ4n) is 3.90. The highest BCUT2D eigenvalue weighted by Crippen LogP contribution is 2.27. The van der Waals surface area contributed by atoms with Crippen LogP contribution in [0.1, 0.15) is 38.7 Å². The summed E-state index contributed by atoms with van der Waals surface area (Å²) in [6.45, 7) is 5.84. The van der Waals surface area contributed by atoms with Crippen molar-refractivity contribution in [1.29, 1.82) is 0 Å². The highest BCUT2D eigenvalue weighted by Gasteiger charge is 2.39. The lowest BCUT2D eigenvalue weighted by molar-refractivity contribution is -0.130. The van der Waals surface area contributed by atoms with Gasteiger partial charge in [0, 0.05) is 37.8 Å². The van der Waals surface area contributed by atoms with Crippen LogP contribution in [-0.2, 0) is 20.7 Å². The monoisotopic (exact) mass is 387 g/mol. The van der Waals surface area contributed by atoms with Crippen LogP contribution in [0.3, 0.4) is 0 Å². The predicted octanol–water partition coefficient (Wildman–Crippen LogP) is 2.66. The molecule has 152 valence electrons. The zero-order valence-corrected chi connectivity index (χ0v) is 16.6. The number of nitrogens with zero attached hydrogens (tertiary/aromatic N) is 2. The maximum absolute atomic E-state index is 12.6.